The molecule has 0 fully saturated rings. The summed E-state index contributed by atoms with van der Waals surface area (Å²) in [5, 5.41) is 18.4. The molecule has 0 aliphatic heterocycles. The van der Waals surface area contributed by atoms with Crippen molar-refractivity contribution in [2.24, 2.45) is 0 Å². The van der Waals surface area contributed by atoms with Crippen LogP contribution in [0.2, 0.25) is 0 Å². The van der Waals surface area contributed by atoms with Gasteiger partial charge in [-0.3, -0.25) is 4.79 Å². The maximum absolute atomic E-state index is 12.3. The molecule has 0 aliphatic rings. The molecular formula is C12H14F3NO3. The Labute approximate surface area is 108 Å². The van der Waals surface area contributed by atoms with Crippen molar-refractivity contribution in [1.82, 2.24) is 4.90 Å². The highest BCUT2D eigenvalue weighted by atomic mass is 19.4. The van der Waals surface area contributed by atoms with Crippen LogP contribution < -0.4 is 0 Å². The Kier molecular flexibility index (Phi) is 4.77. The quantitative estimate of drug-likeness (QED) is 0.880. The van der Waals surface area contributed by atoms with E-state index in [1.54, 1.807) is 0 Å². The van der Waals surface area contributed by atoms with E-state index < -0.39 is 31.8 Å². The average molecular weight is 277 g/mol. The molecule has 1 amide bonds. The Balaban J connectivity index is 3.02. The lowest BCUT2D eigenvalue weighted by Gasteiger charge is -2.23. The molecule has 1 aromatic rings. The van der Waals surface area contributed by atoms with Crippen LogP contribution in [0.1, 0.15) is 15.9 Å². The highest BCUT2D eigenvalue weighted by Crippen LogP contribution is 2.24. The van der Waals surface area contributed by atoms with E-state index in [2.05, 4.69) is 0 Å². The number of aromatic hydroxyl groups is 1. The molecule has 0 unspecified atom stereocenters. The van der Waals surface area contributed by atoms with Gasteiger partial charge in [0.1, 0.15) is 12.3 Å². The standard InChI is InChI=1S/C12H14F3NO3/c1-8-3-2-4-9(10(8)18)11(19)16(5-6-17)7-12(13,14)15/h2-4,17-18H,5-7H2,1H3. The van der Waals surface area contributed by atoms with E-state index in [0.29, 0.717) is 10.5 Å². The van der Waals surface area contributed by atoms with Gasteiger partial charge in [-0.15, -0.1) is 0 Å². The summed E-state index contributed by atoms with van der Waals surface area (Å²) in [4.78, 5) is 12.4. The molecule has 1 aromatic carbocycles. The lowest BCUT2D eigenvalue weighted by molar-refractivity contribution is -0.141. The molecule has 19 heavy (non-hydrogen) atoms. The van der Waals surface area contributed by atoms with Crippen LogP contribution in [0.25, 0.3) is 0 Å². The zero-order valence-corrected chi connectivity index (χ0v) is 10.2. The van der Waals surface area contributed by atoms with Crippen molar-refractivity contribution in [1.29, 1.82) is 0 Å². The van der Waals surface area contributed by atoms with E-state index in [1.165, 1.54) is 25.1 Å². The molecule has 7 heteroatoms. The third-order valence-electron chi connectivity index (χ3n) is 2.50. The minimum absolute atomic E-state index is 0.210. The third-order valence-corrected chi connectivity index (χ3v) is 2.50. The number of hydrogen-bond donors (Lipinski definition) is 2. The number of halogens is 3. The van der Waals surface area contributed by atoms with Crippen molar-refractivity contribution in [2.75, 3.05) is 19.7 Å². The van der Waals surface area contributed by atoms with Gasteiger partial charge in [-0.25, -0.2) is 0 Å². The van der Waals surface area contributed by atoms with Crippen LogP contribution in [0.3, 0.4) is 0 Å². The molecule has 0 radical (unpaired) electrons. The molecule has 0 saturated heterocycles. The zero-order chi connectivity index (χ0) is 14.6. The van der Waals surface area contributed by atoms with Crippen molar-refractivity contribution in [2.45, 2.75) is 13.1 Å². The van der Waals surface area contributed by atoms with E-state index in [0.717, 1.165) is 0 Å². The number of aliphatic hydroxyl groups is 1. The molecule has 0 spiro atoms. The first-order chi connectivity index (χ1) is 8.76. The number of alkyl halides is 3. The predicted molar refractivity (Wildman–Crippen MR) is 61.9 cm³/mol. The van der Waals surface area contributed by atoms with Crippen molar-refractivity contribution >= 4 is 5.91 Å². The van der Waals surface area contributed by atoms with Gasteiger partial charge in [0.15, 0.2) is 0 Å². The number of carbonyl (C=O) groups is 1. The summed E-state index contributed by atoms with van der Waals surface area (Å²) in [5.41, 5.74) is 0.180. The smallest absolute Gasteiger partial charge is 0.406 e. The van der Waals surface area contributed by atoms with Crippen molar-refractivity contribution in [3.05, 3.63) is 29.3 Å². The number of benzene rings is 1. The molecule has 2 N–H and O–H groups in total. The maximum atomic E-state index is 12.3. The number of phenols is 1. The second-order valence-corrected chi connectivity index (χ2v) is 4.04. The van der Waals surface area contributed by atoms with Gasteiger partial charge in [0.25, 0.3) is 5.91 Å². The number of amides is 1. The van der Waals surface area contributed by atoms with Crippen LogP contribution >= 0.6 is 0 Å². The highest BCUT2D eigenvalue weighted by molar-refractivity contribution is 5.97. The average Bonchev–Trinajstić information content (AvgIpc) is 2.30. The lowest BCUT2D eigenvalue weighted by atomic mass is 10.1. The minimum atomic E-state index is -4.57. The van der Waals surface area contributed by atoms with Gasteiger partial charge >= 0.3 is 6.18 Å². The minimum Gasteiger partial charge on any atom is -0.507 e. The molecule has 0 aliphatic carbocycles. The fraction of sp³-hybridized carbons (Fsp3) is 0.417. The Hall–Kier alpha value is -1.76. The van der Waals surface area contributed by atoms with E-state index in [9.17, 15) is 23.1 Å². The predicted octanol–water partition coefficient (Wildman–Crippen LogP) is 1.70. The second kappa shape index (κ2) is 5.92. The molecular weight excluding hydrogens is 263 g/mol. The summed E-state index contributed by atoms with van der Waals surface area (Å²) in [6, 6.07) is 4.24. The van der Waals surface area contributed by atoms with E-state index in [4.69, 9.17) is 5.11 Å². The van der Waals surface area contributed by atoms with Crippen LogP contribution in [0, 0.1) is 6.92 Å². The van der Waals surface area contributed by atoms with Crippen LogP contribution in [0.5, 0.6) is 5.75 Å². The molecule has 0 heterocycles. The second-order valence-electron chi connectivity index (χ2n) is 4.04. The number of rotatable bonds is 4. The van der Waals surface area contributed by atoms with Crippen LogP contribution in [0.4, 0.5) is 13.2 Å². The number of aryl methyl sites for hydroxylation is 1. The Bertz CT molecular complexity index is 460. The molecule has 4 nitrogen and oxygen atoms in total. The van der Waals surface area contributed by atoms with Gasteiger partial charge in [0.05, 0.1) is 12.2 Å². The van der Waals surface area contributed by atoms with Gasteiger partial charge in [-0.1, -0.05) is 12.1 Å². The lowest BCUT2D eigenvalue weighted by Crippen LogP contribution is -2.40. The molecule has 0 aromatic heterocycles. The van der Waals surface area contributed by atoms with Crippen molar-refractivity contribution < 1.29 is 28.2 Å². The highest BCUT2D eigenvalue weighted by Gasteiger charge is 2.33. The third kappa shape index (κ3) is 4.13. The zero-order valence-electron chi connectivity index (χ0n) is 10.2. The topological polar surface area (TPSA) is 60.8 Å². The summed E-state index contributed by atoms with van der Waals surface area (Å²) in [6.45, 7) is -0.980. The summed E-state index contributed by atoms with van der Waals surface area (Å²) in [5.74, 6) is -1.31. The maximum Gasteiger partial charge on any atom is 0.406 e. The number of nitrogens with zero attached hydrogens (tertiary/aromatic N) is 1. The van der Waals surface area contributed by atoms with E-state index in [-0.39, 0.29) is 11.3 Å². The number of para-hydroxylation sites is 1. The Morgan fingerprint density at radius 1 is 1.37 bits per heavy atom. The van der Waals surface area contributed by atoms with Crippen molar-refractivity contribution in [3.63, 3.8) is 0 Å². The Morgan fingerprint density at radius 2 is 2.00 bits per heavy atom. The van der Waals surface area contributed by atoms with E-state index >= 15 is 0 Å². The summed E-state index contributed by atoms with van der Waals surface area (Å²) < 4.78 is 37.0. The van der Waals surface area contributed by atoms with Gasteiger partial charge < -0.3 is 15.1 Å². The fourth-order valence-electron chi connectivity index (χ4n) is 1.59. The van der Waals surface area contributed by atoms with Crippen LogP contribution in [0.15, 0.2) is 18.2 Å². The largest absolute Gasteiger partial charge is 0.507 e. The number of hydrogen-bond acceptors (Lipinski definition) is 3. The summed E-state index contributed by atoms with van der Waals surface area (Å²) in [7, 11) is 0. The van der Waals surface area contributed by atoms with Crippen LogP contribution in [-0.4, -0.2) is 46.9 Å². The summed E-state index contributed by atoms with van der Waals surface area (Å²) >= 11 is 0. The van der Waals surface area contributed by atoms with Crippen molar-refractivity contribution in [3.8, 4) is 5.75 Å². The molecule has 0 saturated carbocycles. The summed E-state index contributed by atoms with van der Waals surface area (Å²) in [6.07, 6.45) is -4.57. The first kappa shape index (κ1) is 15.3. The van der Waals surface area contributed by atoms with Gasteiger partial charge in [-0.2, -0.15) is 13.2 Å². The number of phenolic OH excluding ortho intramolecular Hbond substituents is 1. The first-order valence-electron chi connectivity index (χ1n) is 5.51. The molecule has 0 atom stereocenters. The fourth-order valence-corrected chi connectivity index (χ4v) is 1.59. The molecule has 0 bridgehead atoms. The van der Waals surface area contributed by atoms with Crippen LogP contribution in [-0.2, 0) is 0 Å². The Morgan fingerprint density at radius 3 is 2.53 bits per heavy atom. The van der Waals surface area contributed by atoms with E-state index in [1.807, 2.05) is 0 Å². The first-order valence-corrected chi connectivity index (χ1v) is 5.51. The monoisotopic (exact) mass is 277 g/mol. The number of carbonyl (C=O) groups excluding carboxylic acids is 1. The molecule has 1 rings (SSSR count). The molecule has 106 valence electrons. The van der Waals surface area contributed by atoms with Gasteiger partial charge in [0.2, 0.25) is 0 Å². The SMILES string of the molecule is Cc1cccc(C(=O)N(CCO)CC(F)(F)F)c1O. The van der Waals surface area contributed by atoms with Gasteiger partial charge in [-0.05, 0) is 18.6 Å². The number of aliphatic hydroxyl groups excluding tert-OH is 1. The van der Waals surface area contributed by atoms with Gasteiger partial charge in [0, 0.05) is 6.54 Å². The normalized spacial score (nSPS) is 11.4.